The van der Waals surface area contributed by atoms with Crippen LogP contribution < -0.4 is 0 Å². The Morgan fingerprint density at radius 3 is 2.76 bits per heavy atom. The van der Waals surface area contributed by atoms with E-state index in [1.54, 1.807) is 0 Å². The summed E-state index contributed by atoms with van der Waals surface area (Å²) in [6, 6.07) is 0.713. The highest BCUT2D eigenvalue weighted by Crippen LogP contribution is 2.30. The van der Waals surface area contributed by atoms with E-state index >= 15 is 0 Å². The van der Waals surface area contributed by atoms with Gasteiger partial charge in [0, 0.05) is 31.5 Å². The number of Topliss-reactive ketones (excluding diaryl/α,β-unsaturated/α-hetero) is 1. The van der Waals surface area contributed by atoms with E-state index in [0.29, 0.717) is 17.7 Å². The number of likely N-dealkylation sites (tertiary alicyclic amines) is 1. The molecule has 122 valence electrons. The van der Waals surface area contributed by atoms with Crippen molar-refractivity contribution in [3.63, 3.8) is 0 Å². The highest BCUT2D eigenvalue weighted by molar-refractivity contribution is 5.81. The summed E-state index contributed by atoms with van der Waals surface area (Å²) in [4.78, 5) is 17.2. The number of rotatable bonds is 7. The maximum Gasteiger partial charge on any atom is 0.137 e. The summed E-state index contributed by atoms with van der Waals surface area (Å²) in [5, 5.41) is 0. The molecule has 3 unspecified atom stereocenters. The van der Waals surface area contributed by atoms with Gasteiger partial charge in [-0.3, -0.25) is 9.69 Å². The molecule has 0 spiro atoms. The van der Waals surface area contributed by atoms with Crippen LogP contribution in [0.5, 0.6) is 0 Å². The smallest absolute Gasteiger partial charge is 0.137 e. The van der Waals surface area contributed by atoms with Crippen LogP contribution in [0.1, 0.15) is 58.8 Å². The second-order valence-corrected chi connectivity index (χ2v) is 7.24. The molecule has 2 aliphatic rings. The molecule has 21 heavy (non-hydrogen) atoms. The lowest BCUT2D eigenvalue weighted by molar-refractivity contribution is -0.126. The minimum absolute atomic E-state index is 0.303. The van der Waals surface area contributed by atoms with Crippen LogP contribution in [0.25, 0.3) is 0 Å². The predicted octanol–water partition coefficient (Wildman–Crippen LogP) is 3.19. The lowest BCUT2D eigenvalue weighted by Crippen LogP contribution is -2.42. The average Bonchev–Trinajstić information content (AvgIpc) is 2.90. The summed E-state index contributed by atoms with van der Waals surface area (Å²) in [7, 11) is 2.21. The molecule has 1 saturated carbocycles. The van der Waals surface area contributed by atoms with E-state index in [1.807, 2.05) is 0 Å². The fraction of sp³-hybridized carbons (Fsp3) is 0.944. The topological polar surface area (TPSA) is 23.6 Å². The molecule has 0 aromatic rings. The summed E-state index contributed by atoms with van der Waals surface area (Å²) < 4.78 is 0. The van der Waals surface area contributed by atoms with Crippen LogP contribution >= 0.6 is 0 Å². The Hall–Kier alpha value is -0.410. The number of carbonyl (C=O) groups is 1. The van der Waals surface area contributed by atoms with Gasteiger partial charge in [-0.25, -0.2) is 0 Å². The average molecular weight is 294 g/mol. The fourth-order valence-corrected chi connectivity index (χ4v) is 4.38. The minimum Gasteiger partial charge on any atom is -0.304 e. The molecule has 1 saturated heterocycles. The first kappa shape index (κ1) is 17.0. The van der Waals surface area contributed by atoms with Crippen LogP contribution in [0.15, 0.2) is 0 Å². The Bertz CT molecular complexity index is 331. The third-order valence-corrected chi connectivity index (χ3v) is 5.53. The van der Waals surface area contributed by atoms with Crippen molar-refractivity contribution in [2.45, 2.75) is 64.8 Å². The molecule has 0 N–H and O–H groups in total. The molecule has 0 aromatic heterocycles. The highest BCUT2D eigenvalue weighted by atomic mass is 16.1. The number of likely N-dealkylation sites (N-methyl/N-ethyl adjacent to an activating group) is 2. The van der Waals surface area contributed by atoms with E-state index < -0.39 is 0 Å². The van der Waals surface area contributed by atoms with Crippen molar-refractivity contribution in [1.82, 2.24) is 9.80 Å². The van der Waals surface area contributed by atoms with Crippen LogP contribution in [0, 0.1) is 11.8 Å². The van der Waals surface area contributed by atoms with Gasteiger partial charge in [-0.1, -0.05) is 26.7 Å². The maximum absolute atomic E-state index is 12.2. The molecule has 0 bridgehead atoms. The zero-order valence-electron chi connectivity index (χ0n) is 14.3. The number of ketones is 1. The monoisotopic (exact) mass is 294 g/mol. The van der Waals surface area contributed by atoms with Crippen molar-refractivity contribution >= 4 is 5.78 Å². The summed E-state index contributed by atoms with van der Waals surface area (Å²) in [5.74, 6) is 1.62. The van der Waals surface area contributed by atoms with Crippen molar-refractivity contribution in [2.24, 2.45) is 11.8 Å². The predicted molar refractivity (Wildman–Crippen MR) is 88.5 cm³/mol. The number of carbonyl (C=O) groups excluding carboxylic acids is 1. The first-order chi connectivity index (χ1) is 10.1. The van der Waals surface area contributed by atoms with Gasteiger partial charge >= 0.3 is 0 Å². The van der Waals surface area contributed by atoms with Crippen LogP contribution in [0.2, 0.25) is 0 Å². The Morgan fingerprint density at radius 1 is 1.24 bits per heavy atom. The standard InChI is InChI=1S/C18H34N2O/c1-4-7-15-9-10-18(21)16(12-15)13-19(3)14-17-8-6-11-20(17)5-2/h15-17H,4-14H2,1-3H3. The molecule has 3 nitrogen and oxygen atoms in total. The van der Waals surface area contributed by atoms with E-state index in [0.717, 1.165) is 38.3 Å². The van der Waals surface area contributed by atoms with Crippen molar-refractivity contribution < 1.29 is 4.79 Å². The van der Waals surface area contributed by atoms with E-state index in [2.05, 4.69) is 30.7 Å². The molecule has 2 rings (SSSR count). The van der Waals surface area contributed by atoms with Crippen LogP contribution in [-0.2, 0) is 4.79 Å². The lowest BCUT2D eigenvalue weighted by Gasteiger charge is -2.33. The first-order valence-corrected chi connectivity index (χ1v) is 9.09. The Kier molecular flexibility index (Phi) is 6.69. The summed E-state index contributed by atoms with van der Waals surface area (Å²) in [6.45, 7) is 9.06. The molecule has 0 amide bonds. The summed E-state index contributed by atoms with van der Waals surface area (Å²) in [6.07, 6.45) is 8.34. The van der Waals surface area contributed by atoms with Crippen molar-refractivity contribution in [3.05, 3.63) is 0 Å². The van der Waals surface area contributed by atoms with Gasteiger partial charge in [-0.2, -0.15) is 0 Å². The van der Waals surface area contributed by atoms with Gasteiger partial charge < -0.3 is 4.90 Å². The van der Waals surface area contributed by atoms with Crippen LogP contribution in [-0.4, -0.2) is 54.9 Å². The van der Waals surface area contributed by atoms with Gasteiger partial charge in [0.25, 0.3) is 0 Å². The van der Waals surface area contributed by atoms with Gasteiger partial charge in [0.15, 0.2) is 0 Å². The minimum atomic E-state index is 0.303. The second-order valence-electron chi connectivity index (χ2n) is 7.24. The number of nitrogens with zero attached hydrogens (tertiary/aromatic N) is 2. The Morgan fingerprint density at radius 2 is 2.05 bits per heavy atom. The van der Waals surface area contributed by atoms with Gasteiger partial charge in [0.05, 0.1) is 0 Å². The summed E-state index contributed by atoms with van der Waals surface area (Å²) in [5.41, 5.74) is 0. The van der Waals surface area contributed by atoms with Gasteiger partial charge in [-0.15, -0.1) is 0 Å². The molecule has 3 heteroatoms. The highest BCUT2D eigenvalue weighted by Gasteiger charge is 2.30. The molecular weight excluding hydrogens is 260 g/mol. The normalized spacial score (nSPS) is 31.2. The van der Waals surface area contributed by atoms with Gasteiger partial charge in [0.2, 0.25) is 0 Å². The lowest BCUT2D eigenvalue weighted by atomic mass is 9.78. The number of hydrogen-bond donors (Lipinski definition) is 0. The SMILES string of the molecule is CCCC1CCC(=O)C(CN(C)CC2CCCN2CC)C1. The van der Waals surface area contributed by atoms with Crippen LogP contribution in [0.3, 0.4) is 0 Å². The summed E-state index contributed by atoms with van der Waals surface area (Å²) >= 11 is 0. The fourth-order valence-electron chi connectivity index (χ4n) is 4.38. The molecular formula is C18H34N2O. The molecule has 2 fully saturated rings. The molecule has 1 aliphatic carbocycles. The first-order valence-electron chi connectivity index (χ1n) is 9.09. The maximum atomic E-state index is 12.2. The molecule has 1 aliphatic heterocycles. The van der Waals surface area contributed by atoms with Crippen molar-refractivity contribution in [2.75, 3.05) is 33.2 Å². The van der Waals surface area contributed by atoms with Gasteiger partial charge in [-0.05, 0) is 51.7 Å². The molecule has 0 radical (unpaired) electrons. The van der Waals surface area contributed by atoms with Crippen LogP contribution in [0.4, 0.5) is 0 Å². The van der Waals surface area contributed by atoms with E-state index in [4.69, 9.17) is 0 Å². The molecule has 3 atom stereocenters. The van der Waals surface area contributed by atoms with Crippen molar-refractivity contribution in [1.29, 1.82) is 0 Å². The number of hydrogen-bond acceptors (Lipinski definition) is 3. The zero-order chi connectivity index (χ0) is 15.2. The van der Waals surface area contributed by atoms with Gasteiger partial charge in [0.1, 0.15) is 5.78 Å². The Labute approximate surface area is 131 Å². The third kappa shape index (κ3) is 4.79. The van der Waals surface area contributed by atoms with E-state index in [-0.39, 0.29) is 0 Å². The Balaban J connectivity index is 1.80. The molecule has 1 heterocycles. The van der Waals surface area contributed by atoms with Crippen molar-refractivity contribution in [3.8, 4) is 0 Å². The van der Waals surface area contributed by atoms with E-state index in [9.17, 15) is 4.79 Å². The molecule has 0 aromatic carbocycles. The second kappa shape index (κ2) is 8.28. The zero-order valence-corrected chi connectivity index (χ0v) is 14.3. The third-order valence-electron chi connectivity index (χ3n) is 5.53. The quantitative estimate of drug-likeness (QED) is 0.720. The van der Waals surface area contributed by atoms with E-state index in [1.165, 1.54) is 38.8 Å². The largest absolute Gasteiger partial charge is 0.304 e.